The third kappa shape index (κ3) is 6.17. The van der Waals surface area contributed by atoms with E-state index < -0.39 is 6.17 Å². The van der Waals surface area contributed by atoms with Gasteiger partial charge < -0.3 is 30.7 Å². The van der Waals surface area contributed by atoms with Crippen molar-refractivity contribution >= 4 is 40.4 Å². The number of carbonyl (C=O) groups excluding carboxylic acids is 1. The molecule has 3 aliphatic heterocycles. The van der Waals surface area contributed by atoms with Gasteiger partial charge in [0.15, 0.2) is 0 Å². The van der Waals surface area contributed by atoms with Crippen LogP contribution < -0.4 is 21.3 Å². The highest BCUT2D eigenvalue weighted by Crippen LogP contribution is 2.35. The van der Waals surface area contributed by atoms with Gasteiger partial charge in [-0.15, -0.1) is 0 Å². The van der Waals surface area contributed by atoms with E-state index >= 15 is 0 Å². The molecule has 3 heterocycles. The van der Waals surface area contributed by atoms with E-state index in [0.29, 0.717) is 35.7 Å². The van der Waals surface area contributed by atoms with Crippen molar-refractivity contribution in [3.05, 3.63) is 46.1 Å². The molecule has 0 radical (unpaired) electrons. The topological polar surface area (TPSA) is 83.7 Å². The largest absolute Gasteiger partial charge is 0.385 e. The second kappa shape index (κ2) is 11.4. The van der Waals surface area contributed by atoms with Crippen LogP contribution in [-0.4, -0.2) is 58.1 Å². The number of hydrogen-bond donors (Lipinski definition) is 4. The first kappa shape index (κ1) is 23.4. The highest BCUT2D eigenvalue weighted by Gasteiger charge is 2.25. The fourth-order valence-electron chi connectivity index (χ4n) is 4.04. The van der Waals surface area contributed by atoms with Crippen molar-refractivity contribution in [3.63, 3.8) is 0 Å². The molecule has 1 amide bonds. The molecule has 4 N–H and O–H groups in total. The number of rotatable bonds is 6. The lowest BCUT2D eigenvalue weighted by molar-refractivity contribution is -0.126. The highest BCUT2D eigenvalue weighted by atomic mass is 35.5. The molecule has 9 heteroatoms. The van der Waals surface area contributed by atoms with E-state index in [1.807, 2.05) is 24.3 Å². The van der Waals surface area contributed by atoms with Gasteiger partial charge in [0.2, 0.25) is 5.91 Å². The number of amides is 1. The summed E-state index contributed by atoms with van der Waals surface area (Å²) in [7, 11) is 0. The van der Waals surface area contributed by atoms with E-state index in [4.69, 9.17) is 32.7 Å². The Morgan fingerprint density at radius 3 is 2.84 bits per heavy atom. The smallest absolute Gasteiger partial charge is 0.228 e. The molecule has 0 spiro atoms. The average molecular weight is 481 g/mol. The molecular formula is C23H30Cl2N4O3. The van der Waals surface area contributed by atoms with Crippen LogP contribution in [0.2, 0.25) is 5.02 Å². The van der Waals surface area contributed by atoms with Crippen molar-refractivity contribution in [3.8, 4) is 0 Å². The molecule has 0 saturated carbocycles. The summed E-state index contributed by atoms with van der Waals surface area (Å²) in [4.78, 5) is 12.7. The molecule has 0 bridgehead atoms. The number of carbonyl (C=O) groups is 1. The van der Waals surface area contributed by atoms with E-state index in [-0.39, 0.29) is 11.8 Å². The molecule has 0 aromatic heterocycles. The molecule has 1 aromatic carbocycles. The van der Waals surface area contributed by atoms with E-state index in [1.165, 1.54) is 0 Å². The molecular weight excluding hydrogens is 451 g/mol. The maximum atomic E-state index is 12.7. The Bertz CT molecular complexity index is 863. The van der Waals surface area contributed by atoms with Crippen molar-refractivity contribution in [1.29, 1.82) is 0 Å². The molecule has 32 heavy (non-hydrogen) atoms. The third-order valence-corrected chi connectivity index (χ3v) is 6.62. The Balaban J connectivity index is 1.44. The van der Waals surface area contributed by atoms with Gasteiger partial charge in [-0.05, 0) is 43.0 Å². The van der Waals surface area contributed by atoms with Crippen LogP contribution in [0, 0.1) is 11.8 Å². The molecule has 1 aromatic rings. The summed E-state index contributed by atoms with van der Waals surface area (Å²) in [5.41, 5.74) is 2.60. The first-order valence-corrected chi connectivity index (χ1v) is 11.9. The molecule has 2 saturated heterocycles. The summed E-state index contributed by atoms with van der Waals surface area (Å²) in [5.74, 6) is 0.294. The predicted molar refractivity (Wildman–Crippen MR) is 128 cm³/mol. The molecule has 174 valence electrons. The van der Waals surface area contributed by atoms with Gasteiger partial charge >= 0.3 is 0 Å². The van der Waals surface area contributed by atoms with Gasteiger partial charge in [-0.2, -0.15) is 0 Å². The zero-order chi connectivity index (χ0) is 22.3. The van der Waals surface area contributed by atoms with Crippen molar-refractivity contribution in [1.82, 2.24) is 16.0 Å². The third-order valence-electron chi connectivity index (χ3n) is 5.97. The summed E-state index contributed by atoms with van der Waals surface area (Å²) in [6, 6.07) is 5.86. The number of anilines is 1. The van der Waals surface area contributed by atoms with Crippen LogP contribution in [-0.2, 0) is 14.3 Å². The van der Waals surface area contributed by atoms with Crippen molar-refractivity contribution in [2.45, 2.75) is 19.0 Å². The average Bonchev–Trinajstić information content (AvgIpc) is 3.10. The van der Waals surface area contributed by atoms with Gasteiger partial charge in [0.25, 0.3) is 0 Å². The Kier molecular flexibility index (Phi) is 8.32. The van der Waals surface area contributed by atoms with Crippen molar-refractivity contribution < 1.29 is 14.3 Å². The maximum absolute atomic E-state index is 12.7. The lowest BCUT2D eigenvalue weighted by Crippen LogP contribution is -2.48. The Hall–Kier alpha value is -1.77. The minimum Gasteiger partial charge on any atom is -0.385 e. The summed E-state index contributed by atoms with van der Waals surface area (Å²) >= 11 is 13.0. The zero-order valence-corrected chi connectivity index (χ0v) is 19.5. The van der Waals surface area contributed by atoms with Gasteiger partial charge in [0.05, 0.1) is 24.2 Å². The normalized spacial score (nSPS) is 24.6. The number of dihydropyridines is 1. The molecule has 4 rings (SSSR count). The Morgan fingerprint density at radius 2 is 2.00 bits per heavy atom. The summed E-state index contributed by atoms with van der Waals surface area (Å²) in [5, 5.41) is 14.0. The zero-order valence-electron chi connectivity index (χ0n) is 18.0. The first-order chi connectivity index (χ1) is 15.6. The van der Waals surface area contributed by atoms with Crippen LogP contribution in [0.5, 0.6) is 0 Å². The second-order valence-corrected chi connectivity index (χ2v) is 9.15. The Morgan fingerprint density at radius 1 is 1.16 bits per heavy atom. The lowest BCUT2D eigenvalue weighted by Gasteiger charge is -2.25. The molecule has 2 atom stereocenters. The van der Waals surface area contributed by atoms with Crippen LogP contribution in [0.3, 0.4) is 0 Å². The molecule has 3 aliphatic rings. The van der Waals surface area contributed by atoms with Crippen molar-refractivity contribution in [2.75, 3.05) is 51.4 Å². The Labute approximate surface area is 198 Å². The number of hydrogen-bond acceptors (Lipinski definition) is 6. The summed E-state index contributed by atoms with van der Waals surface area (Å²) in [6.45, 7) is 4.92. The molecule has 2 fully saturated rings. The highest BCUT2D eigenvalue weighted by molar-refractivity contribution is 6.39. The molecule has 0 aliphatic carbocycles. The van der Waals surface area contributed by atoms with Gasteiger partial charge in [0.1, 0.15) is 6.17 Å². The van der Waals surface area contributed by atoms with Crippen LogP contribution in [0.1, 0.15) is 18.4 Å². The van der Waals surface area contributed by atoms with Gasteiger partial charge in [-0.1, -0.05) is 23.2 Å². The van der Waals surface area contributed by atoms with Crippen LogP contribution in [0.25, 0.3) is 5.57 Å². The van der Waals surface area contributed by atoms with Crippen LogP contribution >= 0.6 is 23.2 Å². The van der Waals surface area contributed by atoms with Gasteiger partial charge in [0, 0.05) is 60.9 Å². The van der Waals surface area contributed by atoms with Crippen molar-refractivity contribution in [2.24, 2.45) is 11.8 Å². The fraction of sp³-hybridized carbons (Fsp3) is 0.522. The van der Waals surface area contributed by atoms with Crippen LogP contribution in [0.4, 0.5) is 5.69 Å². The van der Waals surface area contributed by atoms with E-state index in [9.17, 15) is 4.79 Å². The standard InChI is InChI=1S/C23H30Cl2N4O3/c24-20-2-1-17(27-11-15-3-6-31-7-4-15)9-18(20)19-10-22(28-13-21(19)25)29-23(30)16-12-26-5-8-32-14-16/h1-2,9-10,13,15-16,22,26-28H,3-8,11-12,14H2,(H,29,30)/t16-,22?/m0/s1. The predicted octanol–water partition coefficient (Wildman–Crippen LogP) is 2.92. The summed E-state index contributed by atoms with van der Waals surface area (Å²) in [6.07, 6.45) is 5.35. The van der Waals surface area contributed by atoms with Crippen LogP contribution in [0.15, 0.2) is 35.5 Å². The molecule has 7 nitrogen and oxygen atoms in total. The number of halogens is 2. The minimum absolute atomic E-state index is 0.0723. The van der Waals surface area contributed by atoms with E-state index in [2.05, 4.69) is 21.3 Å². The maximum Gasteiger partial charge on any atom is 0.228 e. The van der Waals surface area contributed by atoms with Gasteiger partial charge in [-0.25, -0.2) is 0 Å². The first-order valence-electron chi connectivity index (χ1n) is 11.1. The number of allylic oxidation sites excluding steroid dienone is 2. The van der Waals surface area contributed by atoms with Gasteiger partial charge in [-0.3, -0.25) is 4.79 Å². The van der Waals surface area contributed by atoms with E-state index in [1.54, 1.807) is 6.20 Å². The minimum atomic E-state index is -0.391. The van der Waals surface area contributed by atoms with E-state index in [0.717, 1.165) is 56.0 Å². The SMILES string of the molecule is O=C(NC1C=C(c2cc(NCC3CCOCC3)ccc2Cl)C(Cl)=CN1)[C@H]1CNCCOC1. The number of benzene rings is 1. The number of ether oxygens (including phenoxy) is 2. The quantitative estimate of drug-likeness (QED) is 0.500. The summed E-state index contributed by atoms with van der Waals surface area (Å²) < 4.78 is 10.9. The monoisotopic (exact) mass is 480 g/mol. The lowest BCUT2D eigenvalue weighted by atomic mass is 9.99. The number of nitrogens with one attached hydrogen (secondary N) is 4. The second-order valence-electron chi connectivity index (χ2n) is 8.33. The fourth-order valence-corrected chi connectivity index (χ4v) is 4.48. The molecule has 1 unspecified atom stereocenters.